The molecule has 0 spiro atoms. The number of rotatable bonds is 6. The molecule has 0 bridgehead atoms. The smallest absolute Gasteiger partial charge is 0.241 e. The molecular formula is C16H24ClN3O4S. The lowest BCUT2D eigenvalue weighted by molar-refractivity contribution is -0.120. The Balaban J connectivity index is 0.00000225. The minimum Gasteiger partial charge on any atom is -0.372 e. The molecule has 0 aliphatic carbocycles. The Morgan fingerprint density at radius 2 is 2.08 bits per heavy atom. The maximum absolute atomic E-state index is 12.3. The average Bonchev–Trinajstić information content (AvgIpc) is 3.07. The Morgan fingerprint density at radius 1 is 1.28 bits per heavy atom. The van der Waals surface area contributed by atoms with Gasteiger partial charge in [0.05, 0.1) is 24.7 Å². The lowest BCUT2D eigenvalue weighted by Gasteiger charge is -2.22. The molecule has 1 aromatic rings. The molecule has 2 heterocycles. The summed E-state index contributed by atoms with van der Waals surface area (Å²) in [5, 5.41) is 6.08. The standard InChI is InChI=1S/C16H23N3O4S.ClH/c20-16(18-8-12-2-1-5-17-7-12)9-19-24(21,22)15-4-3-13-10-23-11-14(13)6-15;/h3-4,6,12,17,19H,1-2,5,7-11H2,(H,18,20);1H. The zero-order chi connectivity index (χ0) is 17.0. The fraction of sp³-hybridized carbons (Fsp3) is 0.562. The Labute approximate surface area is 154 Å². The molecule has 3 rings (SSSR count). The monoisotopic (exact) mass is 389 g/mol. The highest BCUT2D eigenvalue weighted by Gasteiger charge is 2.20. The Bertz CT molecular complexity index is 705. The van der Waals surface area contributed by atoms with Crippen molar-refractivity contribution in [1.29, 1.82) is 0 Å². The number of carbonyl (C=O) groups excluding carboxylic acids is 1. The molecule has 3 N–H and O–H groups in total. The number of piperidine rings is 1. The molecule has 2 aliphatic rings. The van der Waals surface area contributed by atoms with Crippen LogP contribution in [-0.4, -0.2) is 40.5 Å². The summed E-state index contributed by atoms with van der Waals surface area (Å²) in [4.78, 5) is 12.0. The van der Waals surface area contributed by atoms with Gasteiger partial charge in [-0.3, -0.25) is 4.79 Å². The molecule has 7 nitrogen and oxygen atoms in total. The van der Waals surface area contributed by atoms with Crippen molar-refractivity contribution in [2.24, 2.45) is 5.92 Å². The van der Waals surface area contributed by atoms with E-state index in [-0.39, 0.29) is 29.8 Å². The van der Waals surface area contributed by atoms with E-state index < -0.39 is 10.0 Å². The van der Waals surface area contributed by atoms with E-state index in [2.05, 4.69) is 15.4 Å². The van der Waals surface area contributed by atoms with Crippen LogP contribution in [0, 0.1) is 5.92 Å². The van der Waals surface area contributed by atoms with Crippen LogP contribution in [0.25, 0.3) is 0 Å². The van der Waals surface area contributed by atoms with E-state index in [1.165, 1.54) is 0 Å². The van der Waals surface area contributed by atoms with Crippen molar-refractivity contribution in [3.63, 3.8) is 0 Å². The molecule has 9 heteroatoms. The Kier molecular flexibility index (Phi) is 7.21. The van der Waals surface area contributed by atoms with Crippen LogP contribution in [0.2, 0.25) is 0 Å². The topological polar surface area (TPSA) is 96.5 Å². The third-order valence-corrected chi connectivity index (χ3v) is 5.81. The summed E-state index contributed by atoms with van der Waals surface area (Å²) in [7, 11) is -3.70. The number of amides is 1. The van der Waals surface area contributed by atoms with Gasteiger partial charge in [0.25, 0.3) is 0 Å². The first-order chi connectivity index (χ1) is 11.5. The summed E-state index contributed by atoms with van der Waals surface area (Å²) in [6.07, 6.45) is 2.19. The van der Waals surface area contributed by atoms with Gasteiger partial charge in [0, 0.05) is 6.54 Å². The summed E-state index contributed by atoms with van der Waals surface area (Å²) in [5.41, 5.74) is 1.89. The van der Waals surface area contributed by atoms with E-state index in [9.17, 15) is 13.2 Å². The number of hydrogen-bond donors (Lipinski definition) is 3. The van der Waals surface area contributed by atoms with Crippen LogP contribution in [0.4, 0.5) is 0 Å². The molecule has 25 heavy (non-hydrogen) atoms. The normalized spacial score (nSPS) is 19.8. The molecule has 140 valence electrons. The van der Waals surface area contributed by atoms with Crippen molar-refractivity contribution in [3.05, 3.63) is 29.3 Å². The van der Waals surface area contributed by atoms with Crippen LogP contribution in [-0.2, 0) is 32.8 Å². The summed E-state index contributed by atoms with van der Waals surface area (Å²) in [6.45, 7) is 3.18. The highest BCUT2D eigenvalue weighted by atomic mass is 35.5. The first kappa shape index (κ1) is 20.1. The lowest BCUT2D eigenvalue weighted by atomic mass is 10.00. The van der Waals surface area contributed by atoms with E-state index in [0.29, 0.717) is 25.7 Å². The van der Waals surface area contributed by atoms with Gasteiger partial charge in [0.1, 0.15) is 0 Å². The Hall–Kier alpha value is -1.19. The molecule has 1 unspecified atom stereocenters. The van der Waals surface area contributed by atoms with Crippen molar-refractivity contribution in [2.75, 3.05) is 26.2 Å². The second-order valence-corrected chi connectivity index (χ2v) is 8.03. The van der Waals surface area contributed by atoms with Crippen molar-refractivity contribution in [1.82, 2.24) is 15.4 Å². The van der Waals surface area contributed by atoms with Crippen molar-refractivity contribution in [3.8, 4) is 0 Å². The number of nitrogens with one attached hydrogen (secondary N) is 3. The molecule has 0 aromatic heterocycles. The zero-order valence-electron chi connectivity index (χ0n) is 13.9. The molecular weight excluding hydrogens is 366 g/mol. The van der Waals surface area contributed by atoms with Gasteiger partial charge in [-0.1, -0.05) is 6.07 Å². The van der Waals surface area contributed by atoms with Crippen LogP contribution in [0.15, 0.2) is 23.1 Å². The number of carbonyl (C=O) groups is 1. The van der Waals surface area contributed by atoms with Crippen LogP contribution >= 0.6 is 12.4 Å². The predicted octanol–water partition coefficient (Wildman–Crippen LogP) is 0.533. The molecule has 1 saturated heterocycles. The number of fused-ring (bicyclic) bond motifs is 1. The molecule has 2 aliphatic heterocycles. The number of ether oxygens (including phenoxy) is 1. The summed E-state index contributed by atoms with van der Waals surface area (Å²) in [6, 6.07) is 4.91. The second-order valence-electron chi connectivity index (χ2n) is 6.26. The van der Waals surface area contributed by atoms with Crippen molar-refractivity contribution in [2.45, 2.75) is 31.0 Å². The van der Waals surface area contributed by atoms with Crippen LogP contribution in [0.5, 0.6) is 0 Å². The van der Waals surface area contributed by atoms with Gasteiger partial charge < -0.3 is 15.4 Å². The van der Waals surface area contributed by atoms with Gasteiger partial charge in [0.2, 0.25) is 15.9 Å². The summed E-state index contributed by atoms with van der Waals surface area (Å²) < 4.78 is 32.2. The molecule has 1 atom stereocenters. The number of sulfonamides is 1. The van der Waals surface area contributed by atoms with Gasteiger partial charge in [-0.15, -0.1) is 12.4 Å². The lowest BCUT2D eigenvalue weighted by Crippen LogP contribution is -2.42. The molecule has 0 saturated carbocycles. The van der Waals surface area contributed by atoms with Crippen LogP contribution < -0.4 is 15.4 Å². The number of benzene rings is 1. The third kappa shape index (κ3) is 5.39. The minimum absolute atomic E-state index is 0. The number of halogens is 1. The molecule has 0 radical (unpaired) electrons. The average molecular weight is 390 g/mol. The second kappa shape index (κ2) is 8.95. The van der Waals surface area contributed by atoms with Gasteiger partial charge in [-0.2, -0.15) is 0 Å². The Morgan fingerprint density at radius 3 is 2.84 bits per heavy atom. The van der Waals surface area contributed by atoms with Gasteiger partial charge in [-0.25, -0.2) is 13.1 Å². The highest BCUT2D eigenvalue weighted by Crippen LogP contribution is 2.22. The first-order valence-electron chi connectivity index (χ1n) is 8.21. The number of hydrogen-bond acceptors (Lipinski definition) is 5. The van der Waals surface area contributed by atoms with E-state index >= 15 is 0 Å². The molecule has 1 aromatic carbocycles. The quantitative estimate of drug-likeness (QED) is 0.659. The summed E-state index contributed by atoms with van der Waals surface area (Å²) in [5.74, 6) is 0.102. The molecule has 1 amide bonds. The van der Waals surface area contributed by atoms with Gasteiger partial charge in [0.15, 0.2) is 0 Å². The first-order valence-corrected chi connectivity index (χ1v) is 9.69. The maximum Gasteiger partial charge on any atom is 0.241 e. The van der Waals surface area contributed by atoms with Crippen LogP contribution in [0.3, 0.4) is 0 Å². The predicted molar refractivity (Wildman–Crippen MR) is 96.0 cm³/mol. The SMILES string of the molecule is Cl.O=C(CNS(=O)(=O)c1ccc2c(c1)COC2)NCC1CCCNC1. The third-order valence-electron chi connectivity index (χ3n) is 4.41. The highest BCUT2D eigenvalue weighted by molar-refractivity contribution is 7.89. The van der Waals surface area contributed by atoms with E-state index in [1.807, 2.05) is 0 Å². The summed E-state index contributed by atoms with van der Waals surface area (Å²) >= 11 is 0. The fourth-order valence-electron chi connectivity index (χ4n) is 2.98. The zero-order valence-corrected chi connectivity index (χ0v) is 15.5. The van der Waals surface area contributed by atoms with E-state index in [0.717, 1.165) is 37.1 Å². The van der Waals surface area contributed by atoms with E-state index in [4.69, 9.17) is 4.74 Å². The van der Waals surface area contributed by atoms with Crippen LogP contribution in [0.1, 0.15) is 24.0 Å². The minimum atomic E-state index is -3.70. The maximum atomic E-state index is 12.3. The molecule has 1 fully saturated rings. The van der Waals surface area contributed by atoms with E-state index in [1.54, 1.807) is 18.2 Å². The van der Waals surface area contributed by atoms with Crippen molar-refractivity contribution >= 4 is 28.3 Å². The largest absolute Gasteiger partial charge is 0.372 e. The van der Waals surface area contributed by atoms with Gasteiger partial charge in [-0.05, 0) is 55.1 Å². The fourth-order valence-corrected chi connectivity index (χ4v) is 4.01. The van der Waals surface area contributed by atoms with Gasteiger partial charge >= 0.3 is 0 Å². The van der Waals surface area contributed by atoms with Crippen molar-refractivity contribution < 1.29 is 17.9 Å².